The maximum Gasteiger partial charge on any atom is 0.408 e. The summed E-state index contributed by atoms with van der Waals surface area (Å²) in [5, 5.41) is 128. The molecule has 6 aliphatic rings. The van der Waals surface area contributed by atoms with Crippen LogP contribution in [0.15, 0.2) is 78.9 Å². The number of hydrogen-bond acceptors (Lipinski definition) is 23. The van der Waals surface area contributed by atoms with Crippen molar-refractivity contribution in [2.45, 2.75) is 138 Å². The second-order valence-electron chi connectivity index (χ2n) is 24.5. The number of ether oxygens (including phenoxy) is 5. The number of carboxylic acids is 1. The number of aliphatic hydroxyl groups is 6. The number of hydrogen-bond donors (Lipinski definition) is 18. The van der Waals surface area contributed by atoms with Crippen molar-refractivity contribution in [3.05, 3.63) is 117 Å². The van der Waals surface area contributed by atoms with E-state index in [1.165, 1.54) is 0 Å². The highest BCUT2D eigenvalue weighted by atomic mass is 35.5. The lowest BCUT2D eigenvalue weighted by molar-refractivity contribution is -0.277. The van der Waals surface area contributed by atoms with E-state index >= 15 is 14.4 Å². The monoisotopic (exact) mass is 1390 g/mol. The normalized spacial score (nSPS) is 25.4. The van der Waals surface area contributed by atoms with Crippen molar-refractivity contribution in [1.29, 1.82) is 0 Å². The molecule has 6 aliphatic heterocycles. The van der Waals surface area contributed by atoms with Crippen molar-refractivity contribution in [3.8, 4) is 57.1 Å². The van der Waals surface area contributed by atoms with Gasteiger partial charge < -0.3 is 118 Å². The van der Waals surface area contributed by atoms with Crippen LogP contribution in [-0.2, 0) is 47.8 Å². The van der Waals surface area contributed by atoms with Crippen LogP contribution in [-0.4, -0.2) is 172 Å². The number of alkyl carbamates (subject to hydrolysis) is 1. The van der Waals surface area contributed by atoms with Gasteiger partial charge in [0.05, 0.1) is 23.1 Å². The van der Waals surface area contributed by atoms with Crippen molar-refractivity contribution in [1.82, 2.24) is 37.2 Å². The van der Waals surface area contributed by atoms with E-state index < -0.39 is 230 Å². The second-order valence-corrected chi connectivity index (χ2v) is 25.4. The van der Waals surface area contributed by atoms with Crippen LogP contribution in [0.25, 0.3) is 11.1 Å². The molecule has 34 heteroatoms. The smallest absolute Gasteiger partial charge is 0.408 e. The van der Waals surface area contributed by atoms with Crippen LogP contribution in [0.5, 0.6) is 46.0 Å². The fourth-order valence-electron chi connectivity index (χ4n) is 11.1. The van der Waals surface area contributed by atoms with Crippen molar-refractivity contribution in [3.63, 3.8) is 0 Å². The fraction of sp³-hybridized carbons (Fsp3) is 0.381. The number of phenolic OH excluding ortho intramolecular Hbond substituents is 3. The average molecular weight is 1390 g/mol. The topological polar surface area (TPSA) is 512 Å². The molecule has 19 N–H and O–H groups in total. The summed E-state index contributed by atoms with van der Waals surface area (Å²) in [6, 6.07) is -1.83. The highest BCUT2D eigenvalue weighted by Gasteiger charge is 2.47. The van der Waals surface area contributed by atoms with Gasteiger partial charge in [-0.05, 0) is 110 Å². The molecule has 11 rings (SSSR count). The molecule has 5 aromatic rings. The van der Waals surface area contributed by atoms with E-state index in [1.54, 1.807) is 34.6 Å². The first kappa shape index (κ1) is 71.5. The summed E-state index contributed by atoms with van der Waals surface area (Å²) in [5.41, 5.74) is 1.66. The number of carbonyl (C=O) groups excluding carboxylic acids is 8. The Kier molecular flexibility index (Phi) is 21.3. The molecule has 1 fully saturated rings. The molecule has 11 bridgehead atoms. The molecule has 8 amide bonds. The van der Waals surface area contributed by atoms with E-state index in [-0.39, 0.29) is 34.8 Å². The summed E-state index contributed by atoms with van der Waals surface area (Å²) in [5.74, 6) is -16.9. The van der Waals surface area contributed by atoms with Gasteiger partial charge in [-0.1, -0.05) is 55.2 Å². The SMILES string of the molecule is CC(C)C[C@@H](NC(=O)OC(C)(C)C)C(=O)N[C@H]1C(=O)N[C@@H](CC(N)=O)C(=O)N[C@H]2C(=O)N[C@H]3C(=O)N[C@H](C(=O)N[C@H](C(=O)O)c4cc(O)cc(O)c4-c4cc3ccc4O)[C@H](O)c3ccc(c(Cl)c3)Oc3cc2cc(c3OC2OC(CO)C(O)C(O)C2O)Oc2ccc(cc2Cl)[C@H]1O. The molecule has 97 heavy (non-hydrogen) atoms. The number of amides is 8. The molecule has 14 atom stereocenters. The van der Waals surface area contributed by atoms with E-state index in [0.29, 0.717) is 0 Å². The number of benzene rings is 5. The Hall–Kier alpha value is -9.77. The van der Waals surface area contributed by atoms with Gasteiger partial charge >= 0.3 is 12.1 Å². The molecule has 0 radical (unpaired) electrons. The van der Waals surface area contributed by atoms with Crippen LogP contribution in [0.2, 0.25) is 10.0 Å². The molecule has 32 nitrogen and oxygen atoms in total. The van der Waals surface area contributed by atoms with Gasteiger partial charge in [-0.2, -0.15) is 0 Å². The van der Waals surface area contributed by atoms with Gasteiger partial charge in [0.25, 0.3) is 0 Å². The summed E-state index contributed by atoms with van der Waals surface area (Å²) in [4.78, 5) is 130. The largest absolute Gasteiger partial charge is 0.508 e. The molecular weight excluding hydrogens is 1320 g/mol. The van der Waals surface area contributed by atoms with Gasteiger partial charge in [0.1, 0.15) is 107 Å². The zero-order chi connectivity index (χ0) is 71.0. The predicted octanol–water partition coefficient (Wildman–Crippen LogP) is 1.17. The Morgan fingerprint density at radius 1 is 0.660 bits per heavy atom. The number of aromatic hydroxyl groups is 3. The Morgan fingerprint density at radius 2 is 1.25 bits per heavy atom. The lowest BCUT2D eigenvalue weighted by Crippen LogP contribution is -2.60. The summed E-state index contributed by atoms with van der Waals surface area (Å²) >= 11 is 13.9. The van der Waals surface area contributed by atoms with E-state index in [0.717, 1.165) is 78.9 Å². The number of nitrogens with one attached hydrogen (secondary N) is 7. The van der Waals surface area contributed by atoms with Crippen LogP contribution >= 0.6 is 23.2 Å². The third kappa shape index (κ3) is 15.9. The van der Waals surface area contributed by atoms with Gasteiger partial charge in [-0.15, -0.1) is 0 Å². The number of primary amides is 1. The molecule has 6 heterocycles. The first-order valence-electron chi connectivity index (χ1n) is 29.8. The minimum atomic E-state index is -2.36. The number of rotatable bonds is 11. The third-order valence-corrected chi connectivity index (χ3v) is 16.3. The van der Waals surface area contributed by atoms with Gasteiger partial charge in [-0.3, -0.25) is 33.6 Å². The number of fused-ring (bicyclic) bond motifs is 15. The molecule has 0 aromatic heterocycles. The maximum absolute atomic E-state index is 15.9. The Bertz CT molecular complexity index is 3960. The number of halogens is 2. The van der Waals surface area contributed by atoms with Gasteiger partial charge in [0.2, 0.25) is 53.4 Å². The van der Waals surface area contributed by atoms with Crippen molar-refractivity contribution in [2.75, 3.05) is 6.61 Å². The van der Waals surface area contributed by atoms with E-state index in [9.17, 15) is 79.8 Å². The number of aliphatic hydroxyl groups excluding tert-OH is 6. The third-order valence-electron chi connectivity index (χ3n) is 15.7. The molecular formula is C63H68Cl2N8O24. The highest BCUT2D eigenvalue weighted by Crippen LogP contribution is 2.49. The van der Waals surface area contributed by atoms with Crippen LogP contribution < -0.4 is 57.2 Å². The summed E-state index contributed by atoms with van der Waals surface area (Å²) in [6.45, 7) is 7.13. The molecule has 518 valence electrons. The highest BCUT2D eigenvalue weighted by molar-refractivity contribution is 6.32. The molecule has 5 aromatic carbocycles. The van der Waals surface area contributed by atoms with Crippen molar-refractivity contribution >= 4 is 76.6 Å². The van der Waals surface area contributed by atoms with E-state index in [4.69, 9.17) is 52.6 Å². The number of carboxylic acid groups (broad SMARTS) is 1. The molecule has 1 saturated heterocycles. The zero-order valence-electron chi connectivity index (χ0n) is 51.8. The van der Waals surface area contributed by atoms with Gasteiger partial charge in [-0.25, -0.2) is 9.59 Å². The number of aliphatic carboxylic acids is 1. The summed E-state index contributed by atoms with van der Waals surface area (Å²) in [7, 11) is 0. The molecule has 5 unspecified atom stereocenters. The molecule has 0 spiro atoms. The number of phenols is 3. The van der Waals surface area contributed by atoms with Gasteiger partial charge in [0.15, 0.2) is 17.5 Å². The van der Waals surface area contributed by atoms with E-state index in [1.807, 2.05) is 0 Å². The lowest BCUT2D eigenvalue weighted by Gasteiger charge is -2.39. The Balaban J connectivity index is 1.30. The molecule has 0 aliphatic carbocycles. The summed E-state index contributed by atoms with van der Waals surface area (Å²) in [6.07, 6.45) is -16.6. The van der Waals surface area contributed by atoms with E-state index in [2.05, 4.69) is 37.2 Å². The summed E-state index contributed by atoms with van der Waals surface area (Å²) < 4.78 is 30.2. The second kappa shape index (κ2) is 28.9. The van der Waals surface area contributed by atoms with Crippen molar-refractivity contribution in [2.24, 2.45) is 11.7 Å². The van der Waals surface area contributed by atoms with Crippen LogP contribution in [0.1, 0.15) is 106 Å². The predicted molar refractivity (Wildman–Crippen MR) is 333 cm³/mol. The Morgan fingerprint density at radius 3 is 1.82 bits per heavy atom. The average Bonchev–Trinajstić information content (AvgIpc) is 0.771. The standard InChI is InChI=1S/C63H68Cl2N8O24/c1-22(2)12-32(68-62(92)97-63(3,4)5)54(84)72-46-48(79)24-7-10-36(30(64)14-24)93-38-16-26-17-39(53(38)96-61-52(83)51(82)50(81)40(21-74)95-61)94-37-11-8-25(15-31(37)65)49(80)47-59(89)71-45(60(90)91)29-18-27(75)19-35(77)42(29)28-13-23(6-9-34(28)76)43(56(86)73-47)70-57(87)44(26)69-55(85)33(20-41(66)78)67-58(46)88/h6-11,13-19,22,32-33,40,43-52,61,74-77,79-83H,12,20-21H2,1-5H3,(H2,66,78)(H,67,88)(H,68,92)(H,69,85)(H,70,87)(H,71,89)(H,72,84)(H,73,86)(H,90,91)/t32-,33+,40?,43-,44-,45+,46-,47+,48-,49-,50?,51?,52?,61?/m1/s1. The number of nitrogens with two attached hydrogens (primary N) is 1. The van der Waals surface area contributed by atoms with Crippen LogP contribution in [0, 0.1) is 5.92 Å². The van der Waals surface area contributed by atoms with Gasteiger partial charge in [0, 0.05) is 22.8 Å². The lowest BCUT2D eigenvalue weighted by atomic mass is 9.89. The first-order chi connectivity index (χ1) is 45.6. The van der Waals surface area contributed by atoms with Crippen LogP contribution in [0.4, 0.5) is 4.79 Å². The number of carbonyl (C=O) groups is 9. The Labute approximate surface area is 559 Å². The quantitative estimate of drug-likeness (QED) is 0.0882. The van der Waals surface area contributed by atoms with Crippen molar-refractivity contribution < 1.29 is 118 Å². The first-order valence-corrected chi connectivity index (χ1v) is 30.5. The molecule has 0 saturated carbocycles. The minimum absolute atomic E-state index is 0.0811. The fourth-order valence-corrected chi connectivity index (χ4v) is 11.5. The zero-order valence-corrected chi connectivity index (χ0v) is 53.3. The minimum Gasteiger partial charge on any atom is -0.508 e. The maximum atomic E-state index is 15.9. The van der Waals surface area contributed by atoms with Crippen LogP contribution in [0.3, 0.4) is 0 Å².